The molecule has 6 nitrogen and oxygen atoms in total. The van der Waals surface area contributed by atoms with Crippen molar-refractivity contribution in [2.75, 3.05) is 13.1 Å². The van der Waals surface area contributed by atoms with Crippen molar-refractivity contribution in [1.29, 1.82) is 0 Å². The Hall–Kier alpha value is -2.37. The lowest BCUT2D eigenvalue weighted by atomic mass is 9.98. The second kappa shape index (κ2) is 6.86. The predicted molar refractivity (Wildman–Crippen MR) is 96.3 cm³/mol. The number of carbonyl (C=O) groups is 1. The lowest BCUT2D eigenvalue weighted by Crippen LogP contribution is -2.51. The molecule has 1 saturated heterocycles. The van der Waals surface area contributed by atoms with E-state index in [9.17, 15) is 4.79 Å². The number of urea groups is 1. The summed E-state index contributed by atoms with van der Waals surface area (Å²) in [6, 6.07) is 8.02. The molecule has 3 rings (SSSR count). The summed E-state index contributed by atoms with van der Waals surface area (Å²) >= 11 is 0. The van der Waals surface area contributed by atoms with E-state index in [1.165, 1.54) is 5.56 Å². The molecular weight excluding hydrogens is 316 g/mol. The highest BCUT2D eigenvalue weighted by Crippen LogP contribution is 2.27. The number of benzene rings is 1. The smallest absolute Gasteiger partial charge is 0.317 e. The summed E-state index contributed by atoms with van der Waals surface area (Å²) in [5.41, 5.74) is 1.90. The number of nitrogens with one attached hydrogen (secondary N) is 1. The second-order valence-corrected chi connectivity index (χ2v) is 7.79. The first-order chi connectivity index (χ1) is 11.8. The molecule has 134 valence electrons. The Balaban J connectivity index is 1.70. The Morgan fingerprint density at radius 1 is 1.28 bits per heavy atom. The second-order valence-electron chi connectivity index (χ2n) is 7.79. The Bertz CT molecular complexity index is 731. The summed E-state index contributed by atoms with van der Waals surface area (Å²) < 4.78 is 5.50. The number of rotatable bonds is 2. The first kappa shape index (κ1) is 17.5. The van der Waals surface area contributed by atoms with Gasteiger partial charge in [-0.3, -0.25) is 0 Å². The molecular formula is C19H26N4O2. The summed E-state index contributed by atoms with van der Waals surface area (Å²) in [7, 11) is 0. The SMILES string of the molecule is Cc1ccc(-c2noc(C3CCCN(C(=O)NC(C)(C)C)C3)n2)cc1. The van der Waals surface area contributed by atoms with Gasteiger partial charge < -0.3 is 14.7 Å². The minimum Gasteiger partial charge on any atom is -0.339 e. The monoisotopic (exact) mass is 342 g/mol. The highest BCUT2D eigenvalue weighted by Gasteiger charge is 2.30. The molecule has 1 N–H and O–H groups in total. The van der Waals surface area contributed by atoms with Gasteiger partial charge in [-0.2, -0.15) is 4.98 Å². The number of carbonyl (C=O) groups excluding carboxylic acids is 1. The van der Waals surface area contributed by atoms with Gasteiger partial charge in [0.05, 0.1) is 5.92 Å². The Morgan fingerprint density at radius 3 is 2.68 bits per heavy atom. The van der Waals surface area contributed by atoms with Gasteiger partial charge in [-0.1, -0.05) is 35.0 Å². The zero-order chi connectivity index (χ0) is 18.0. The van der Waals surface area contributed by atoms with Crippen LogP contribution in [-0.2, 0) is 0 Å². The van der Waals surface area contributed by atoms with E-state index in [4.69, 9.17) is 4.52 Å². The van der Waals surface area contributed by atoms with Gasteiger partial charge >= 0.3 is 6.03 Å². The molecule has 1 aromatic carbocycles. The summed E-state index contributed by atoms with van der Waals surface area (Å²) in [5, 5.41) is 7.13. The zero-order valence-electron chi connectivity index (χ0n) is 15.4. The van der Waals surface area contributed by atoms with Gasteiger partial charge in [0.25, 0.3) is 0 Å². The van der Waals surface area contributed by atoms with Crippen LogP contribution in [0.5, 0.6) is 0 Å². The molecule has 0 spiro atoms. The quantitative estimate of drug-likeness (QED) is 0.902. The first-order valence-electron chi connectivity index (χ1n) is 8.79. The van der Waals surface area contributed by atoms with E-state index in [2.05, 4.69) is 15.5 Å². The van der Waals surface area contributed by atoms with E-state index >= 15 is 0 Å². The summed E-state index contributed by atoms with van der Waals surface area (Å²) in [6.07, 6.45) is 1.89. The number of hydrogen-bond acceptors (Lipinski definition) is 4. The lowest BCUT2D eigenvalue weighted by Gasteiger charge is -2.33. The van der Waals surface area contributed by atoms with Gasteiger partial charge in [0, 0.05) is 24.2 Å². The third-order valence-corrected chi connectivity index (χ3v) is 4.29. The van der Waals surface area contributed by atoms with Crippen molar-refractivity contribution in [3.63, 3.8) is 0 Å². The molecule has 6 heteroatoms. The summed E-state index contributed by atoms with van der Waals surface area (Å²) in [4.78, 5) is 18.8. The van der Waals surface area contributed by atoms with Gasteiger partial charge in [-0.15, -0.1) is 0 Å². The van der Waals surface area contributed by atoms with Crippen molar-refractivity contribution in [3.8, 4) is 11.4 Å². The molecule has 1 aliphatic heterocycles. The molecule has 2 heterocycles. The van der Waals surface area contributed by atoms with E-state index in [-0.39, 0.29) is 17.5 Å². The molecule has 2 amide bonds. The maximum Gasteiger partial charge on any atom is 0.317 e. The van der Waals surface area contributed by atoms with Crippen LogP contribution in [0.4, 0.5) is 4.79 Å². The van der Waals surface area contributed by atoms with Crippen molar-refractivity contribution >= 4 is 6.03 Å². The molecule has 1 atom stereocenters. The third-order valence-electron chi connectivity index (χ3n) is 4.29. The van der Waals surface area contributed by atoms with Gasteiger partial charge in [-0.05, 0) is 40.5 Å². The van der Waals surface area contributed by atoms with Crippen LogP contribution in [0.15, 0.2) is 28.8 Å². The van der Waals surface area contributed by atoms with Crippen molar-refractivity contribution in [3.05, 3.63) is 35.7 Å². The van der Waals surface area contributed by atoms with Crippen molar-refractivity contribution < 1.29 is 9.32 Å². The zero-order valence-corrected chi connectivity index (χ0v) is 15.4. The molecule has 1 fully saturated rings. The normalized spacial score (nSPS) is 18.2. The first-order valence-corrected chi connectivity index (χ1v) is 8.79. The fourth-order valence-corrected chi connectivity index (χ4v) is 2.98. The number of likely N-dealkylation sites (tertiary alicyclic amines) is 1. The molecule has 1 unspecified atom stereocenters. The van der Waals surface area contributed by atoms with E-state index in [0.717, 1.165) is 24.9 Å². The average Bonchev–Trinajstić information content (AvgIpc) is 3.04. The summed E-state index contributed by atoms with van der Waals surface area (Å²) in [5.74, 6) is 1.31. The van der Waals surface area contributed by atoms with Crippen molar-refractivity contribution in [1.82, 2.24) is 20.4 Å². The Labute approximate surface area is 148 Å². The minimum absolute atomic E-state index is 0.0320. The van der Waals surface area contributed by atoms with Gasteiger partial charge in [-0.25, -0.2) is 4.79 Å². The van der Waals surface area contributed by atoms with Crippen LogP contribution in [0.1, 0.15) is 51.0 Å². The van der Waals surface area contributed by atoms with E-state index in [1.807, 2.05) is 56.9 Å². The molecule has 25 heavy (non-hydrogen) atoms. The Kier molecular flexibility index (Phi) is 4.79. The van der Waals surface area contributed by atoms with Crippen LogP contribution < -0.4 is 5.32 Å². The van der Waals surface area contributed by atoms with Gasteiger partial charge in [0.15, 0.2) is 0 Å². The molecule has 2 aromatic rings. The average molecular weight is 342 g/mol. The van der Waals surface area contributed by atoms with Crippen LogP contribution >= 0.6 is 0 Å². The fraction of sp³-hybridized carbons (Fsp3) is 0.526. The van der Waals surface area contributed by atoms with E-state index < -0.39 is 0 Å². The van der Waals surface area contributed by atoms with Gasteiger partial charge in [0.1, 0.15) is 0 Å². The van der Waals surface area contributed by atoms with Crippen LogP contribution in [0.25, 0.3) is 11.4 Å². The molecule has 0 radical (unpaired) electrons. The number of aromatic nitrogens is 2. The maximum absolute atomic E-state index is 12.4. The highest BCUT2D eigenvalue weighted by molar-refractivity contribution is 5.75. The number of aryl methyl sites for hydroxylation is 1. The topological polar surface area (TPSA) is 71.3 Å². The molecule has 1 aromatic heterocycles. The summed E-state index contributed by atoms with van der Waals surface area (Å²) in [6.45, 7) is 9.37. The van der Waals surface area contributed by atoms with Crippen LogP contribution in [-0.4, -0.2) is 39.7 Å². The molecule has 0 bridgehead atoms. The van der Waals surface area contributed by atoms with E-state index in [1.54, 1.807) is 0 Å². The minimum atomic E-state index is -0.243. The van der Waals surface area contributed by atoms with Crippen LogP contribution in [0, 0.1) is 6.92 Å². The van der Waals surface area contributed by atoms with Gasteiger partial charge in [0.2, 0.25) is 11.7 Å². The number of piperidine rings is 1. The van der Waals surface area contributed by atoms with Crippen LogP contribution in [0.3, 0.4) is 0 Å². The largest absolute Gasteiger partial charge is 0.339 e. The number of nitrogens with zero attached hydrogens (tertiary/aromatic N) is 3. The molecule has 1 aliphatic rings. The third kappa shape index (κ3) is 4.38. The maximum atomic E-state index is 12.4. The van der Waals surface area contributed by atoms with Crippen LogP contribution in [0.2, 0.25) is 0 Å². The molecule has 0 aliphatic carbocycles. The standard InChI is InChI=1S/C19H26N4O2/c1-13-7-9-14(10-8-13)16-20-17(25-22-16)15-6-5-11-23(12-15)18(24)21-19(2,3)4/h7-10,15H,5-6,11-12H2,1-4H3,(H,21,24). The number of amides is 2. The predicted octanol–water partition coefficient (Wildman–Crippen LogP) is 3.73. The van der Waals surface area contributed by atoms with E-state index in [0.29, 0.717) is 18.3 Å². The lowest BCUT2D eigenvalue weighted by molar-refractivity contribution is 0.164. The Morgan fingerprint density at radius 2 is 2.00 bits per heavy atom. The van der Waals surface area contributed by atoms with Crippen molar-refractivity contribution in [2.24, 2.45) is 0 Å². The fourth-order valence-electron chi connectivity index (χ4n) is 2.98. The van der Waals surface area contributed by atoms with Crippen molar-refractivity contribution in [2.45, 2.75) is 52.0 Å². The number of hydrogen-bond donors (Lipinski definition) is 1. The highest BCUT2D eigenvalue weighted by atomic mass is 16.5. The molecule has 0 saturated carbocycles.